The molecule has 0 bridgehead atoms. The maximum Gasteiger partial charge on any atom is 0.288 e. The Labute approximate surface area is 134 Å². The highest BCUT2D eigenvalue weighted by molar-refractivity contribution is 7.71. The monoisotopic (exact) mass is 321 g/mol. The van der Waals surface area contributed by atoms with Crippen LogP contribution >= 0.6 is 12.2 Å². The molecule has 0 aliphatic carbocycles. The van der Waals surface area contributed by atoms with Crippen LogP contribution < -0.4 is 4.74 Å². The highest BCUT2D eigenvalue weighted by Gasteiger charge is 2.19. The van der Waals surface area contributed by atoms with E-state index in [0.717, 1.165) is 25.3 Å². The van der Waals surface area contributed by atoms with Crippen LogP contribution in [0.15, 0.2) is 28.7 Å². The molecule has 2 heterocycles. The fourth-order valence-corrected chi connectivity index (χ4v) is 2.71. The molecule has 118 valence electrons. The molecule has 0 spiro atoms. The smallest absolute Gasteiger partial charge is 0.288 e. The van der Waals surface area contributed by atoms with Gasteiger partial charge in [-0.25, -0.2) is 4.68 Å². The van der Waals surface area contributed by atoms with Gasteiger partial charge in [-0.3, -0.25) is 4.90 Å². The first kappa shape index (κ1) is 15.2. The number of nitrogens with zero attached hydrogens (tertiary/aromatic N) is 3. The summed E-state index contributed by atoms with van der Waals surface area (Å²) >= 11 is 5.29. The fourth-order valence-electron chi connectivity index (χ4n) is 2.53. The second-order valence-electron chi connectivity index (χ2n) is 5.27. The van der Waals surface area contributed by atoms with Gasteiger partial charge in [-0.05, 0) is 31.3 Å². The number of hydrogen-bond acceptors (Lipinski definition) is 6. The van der Waals surface area contributed by atoms with Gasteiger partial charge in [-0.1, -0.05) is 12.1 Å². The molecule has 0 saturated carbocycles. The Bertz CT molecular complexity index is 697. The molecule has 0 N–H and O–H groups in total. The van der Waals surface area contributed by atoms with E-state index in [0.29, 0.717) is 23.1 Å². The van der Waals surface area contributed by atoms with Crippen molar-refractivity contribution >= 4 is 12.2 Å². The fraction of sp³-hybridized carbons (Fsp3) is 0.467. The van der Waals surface area contributed by atoms with Gasteiger partial charge in [-0.15, -0.1) is 5.10 Å². The van der Waals surface area contributed by atoms with Crippen LogP contribution in [-0.2, 0) is 11.4 Å². The largest absolute Gasteiger partial charge is 0.496 e. The summed E-state index contributed by atoms with van der Waals surface area (Å²) < 4.78 is 18.2. The Kier molecular flexibility index (Phi) is 4.56. The minimum Gasteiger partial charge on any atom is -0.496 e. The summed E-state index contributed by atoms with van der Waals surface area (Å²) in [5, 5.41) is 4.49. The lowest BCUT2D eigenvalue weighted by atomic mass is 10.2. The van der Waals surface area contributed by atoms with Gasteiger partial charge >= 0.3 is 0 Å². The van der Waals surface area contributed by atoms with Gasteiger partial charge < -0.3 is 13.9 Å². The molecular weight excluding hydrogens is 302 g/mol. The van der Waals surface area contributed by atoms with Crippen molar-refractivity contribution in [3.8, 4) is 17.2 Å². The average Bonchev–Trinajstić information content (AvgIpc) is 2.88. The van der Waals surface area contributed by atoms with E-state index in [4.69, 9.17) is 26.1 Å². The zero-order valence-electron chi connectivity index (χ0n) is 12.7. The first-order valence-corrected chi connectivity index (χ1v) is 7.63. The van der Waals surface area contributed by atoms with Crippen molar-refractivity contribution < 1.29 is 13.9 Å². The zero-order chi connectivity index (χ0) is 15.5. The SMILES string of the molecule is COc1ccccc1-c1nn(CN2CCO[C@@H](C)C2)c(=S)o1. The van der Waals surface area contributed by atoms with Gasteiger partial charge in [0.15, 0.2) is 0 Å². The Balaban J connectivity index is 1.83. The van der Waals surface area contributed by atoms with Gasteiger partial charge in [0.25, 0.3) is 10.7 Å². The summed E-state index contributed by atoms with van der Waals surface area (Å²) in [6, 6.07) is 7.60. The van der Waals surface area contributed by atoms with Crippen molar-refractivity contribution in [1.82, 2.24) is 14.7 Å². The molecule has 1 aliphatic heterocycles. The quantitative estimate of drug-likeness (QED) is 0.807. The molecule has 0 amide bonds. The normalized spacial score (nSPS) is 19.3. The van der Waals surface area contributed by atoms with Crippen LogP contribution in [0, 0.1) is 4.84 Å². The number of rotatable bonds is 4. The summed E-state index contributed by atoms with van der Waals surface area (Å²) in [6.07, 6.45) is 0.225. The number of aromatic nitrogens is 2. The number of para-hydroxylation sites is 1. The van der Waals surface area contributed by atoms with Crippen LogP contribution in [0.25, 0.3) is 11.5 Å². The van der Waals surface area contributed by atoms with Crippen molar-refractivity contribution in [2.75, 3.05) is 26.8 Å². The summed E-state index contributed by atoms with van der Waals surface area (Å²) in [6.45, 7) is 5.12. The van der Waals surface area contributed by atoms with Gasteiger partial charge in [0.2, 0.25) is 0 Å². The molecule has 1 atom stereocenters. The van der Waals surface area contributed by atoms with E-state index in [-0.39, 0.29) is 6.10 Å². The lowest BCUT2D eigenvalue weighted by molar-refractivity contribution is -0.0309. The van der Waals surface area contributed by atoms with Gasteiger partial charge in [0.1, 0.15) is 5.75 Å². The minimum atomic E-state index is 0.225. The predicted molar refractivity (Wildman–Crippen MR) is 84.3 cm³/mol. The standard InChI is InChI=1S/C15H19N3O3S/c1-11-9-17(7-8-20-11)10-18-15(22)21-14(16-18)12-5-3-4-6-13(12)19-2/h3-6,11H,7-10H2,1-2H3/t11-/m0/s1. The van der Waals surface area contributed by atoms with Crippen molar-refractivity contribution in [3.05, 3.63) is 29.1 Å². The Morgan fingerprint density at radius 3 is 3.00 bits per heavy atom. The highest BCUT2D eigenvalue weighted by atomic mass is 32.1. The van der Waals surface area contributed by atoms with Crippen LogP contribution in [0.1, 0.15) is 6.92 Å². The first-order valence-electron chi connectivity index (χ1n) is 7.22. The molecule has 0 unspecified atom stereocenters. The third-order valence-electron chi connectivity index (χ3n) is 3.60. The van der Waals surface area contributed by atoms with E-state index in [1.54, 1.807) is 11.8 Å². The zero-order valence-corrected chi connectivity index (χ0v) is 13.5. The van der Waals surface area contributed by atoms with E-state index < -0.39 is 0 Å². The molecule has 1 aromatic heterocycles. The molecule has 0 radical (unpaired) electrons. The Morgan fingerprint density at radius 2 is 2.23 bits per heavy atom. The first-order chi connectivity index (χ1) is 10.7. The highest BCUT2D eigenvalue weighted by Crippen LogP contribution is 2.28. The van der Waals surface area contributed by atoms with Gasteiger partial charge in [0.05, 0.1) is 32.1 Å². The van der Waals surface area contributed by atoms with Crippen LogP contribution in [0.2, 0.25) is 0 Å². The van der Waals surface area contributed by atoms with Crippen LogP contribution in [0.5, 0.6) is 5.75 Å². The molecule has 7 heteroatoms. The summed E-state index contributed by atoms with van der Waals surface area (Å²) in [4.78, 5) is 2.61. The third kappa shape index (κ3) is 3.21. The maximum absolute atomic E-state index is 5.64. The molecule has 2 aromatic rings. The van der Waals surface area contributed by atoms with Crippen LogP contribution in [0.4, 0.5) is 0 Å². The molecule has 1 fully saturated rings. The molecule has 3 rings (SSSR count). The number of methoxy groups -OCH3 is 1. The van der Waals surface area contributed by atoms with Crippen LogP contribution in [0.3, 0.4) is 0 Å². The lowest BCUT2D eigenvalue weighted by Crippen LogP contribution is -2.42. The van der Waals surface area contributed by atoms with E-state index >= 15 is 0 Å². The van der Waals surface area contributed by atoms with E-state index in [1.165, 1.54) is 0 Å². The number of morpholine rings is 1. The molecule has 6 nitrogen and oxygen atoms in total. The van der Waals surface area contributed by atoms with Gasteiger partial charge in [0, 0.05) is 13.1 Å². The Morgan fingerprint density at radius 1 is 1.41 bits per heavy atom. The maximum atomic E-state index is 5.64. The van der Waals surface area contributed by atoms with E-state index in [2.05, 4.69) is 16.9 Å². The molecule has 1 aromatic carbocycles. The minimum absolute atomic E-state index is 0.225. The molecule has 1 saturated heterocycles. The number of benzene rings is 1. The number of hydrogen-bond donors (Lipinski definition) is 0. The van der Waals surface area contributed by atoms with Crippen LogP contribution in [-0.4, -0.2) is 47.6 Å². The van der Waals surface area contributed by atoms with E-state index in [9.17, 15) is 0 Å². The molecule has 22 heavy (non-hydrogen) atoms. The summed E-state index contributed by atoms with van der Waals surface area (Å²) in [5.74, 6) is 1.19. The summed E-state index contributed by atoms with van der Waals surface area (Å²) in [7, 11) is 1.62. The average molecular weight is 321 g/mol. The Hall–Kier alpha value is -1.70. The second kappa shape index (κ2) is 6.60. The predicted octanol–water partition coefficient (Wildman–Crippen LogP) is 2.56. The van der Waals surface area contributed by atoms with Crippen molar-refractivity contribution in [2.24, 2.45) is 0 Å². The number of ether oxygens (including phenoxy) is 2. The van der Waals surface area contributed by atoms with E-state index in [1.807, 2.05) is 24.3 Å². The van der Waals surface area contributed by atoms with Crippen molar-refractivity contribution in [2.45, 2.75) is 19.7 Å². The topological polar surface area (TPSA) is 52.7 Å². The second-order valence-corrected chi connectivity index (χ2v) is 5.62. The van der Waals surface area contributed by atoms with Crippen molar-refractivity contribution in [1.29, 1.82) is 0 Å². The summed E-state index contributed by atoms with van der Waals surface area (Å²) in [5.41, 5.74) is 0.796. The third-order valence-corrected chi connectivity index (χ3v) is 3.90. The lowest BCUT2D eigenvalue weighted by Gasteiger charge is -2.30. The van der Waals surface area contributed by atoms with Gasteiger partial charge in [-0.2, -0.15) is 0 Å². The van der Waals surface area contributed by atoms with Crippen molar-refractivity contribution in [3.63, 3.8) is 0 Å². The molecular formula is C15H19N3O3S. The molecule has 1 aliphatic rings.